The molecule has 2 aromatic rings. The van der Waals surface area contributed by atoms with Crippen LogP contribution in [-0.4, -0.2) is 15.6 Å². The van der Waals surface area contributed by atoms with Crippen LogP contribution in [-0.2, 0) is 13.5 Å². The molecule has 0 saturated carbocycles. The summed E-state index contributed by atoms with van der Waals surface area (Å²) in [4.78, 5) is 23.2. The number of ketones is 1. The molecule has 1 heterocycles. The summed E-state index contributed by atoms with van der Waals surface area (Å²) in [6.07, 6.45) is 0.972. The van der Waals surface area contributed by atoms with Gasteiger partial charge in [-0.2, -0.15) is 5.10 Å². The van der Waals surface area contributed by atoms with Gasteiger partial charge < -0.3 is 0 Å². The van der Waals surface area contributed by atoms with Crippen molar-refractivity contribution in [1.82, 2.24) is 9.78 Å². The number of benzene rings is 1. The number of Topliss-reactive ketones (excluding diaryl/α,β-unsaturated/α-hetero) is 1. The van der Waals surface area contributed by atoms with Gasteiger partial charge in [-0.1, -0.05) is 31.2 Å². The van der Waals surface area contributed by atoms with Crippen LogP contribution < -0.4 is 5.56 Å². The van der Waals surface area contributed by atoms with Gasteiger partial charge in [-0.05, 0) is 25.0 Å². The SMILES string of the molecule is CCc1ccc(-c2cc(C(C)=O)c(=O)n(C)n2)cc1. The predicted octanol–water partition coefficient (Wildman–Crippen LogP) is 2.21. The van der Waals surface area contributed by atoms with E-state index in [0.29, 0.717) is 5.69 Å². The quantitative estimate of drug-likeness (QED) is 0.791. The molecular weight excluding hydrogens is 240 g/mol. The zero-order valence-electron chi connectivity index (χ0n) is 11.3. The number of aromatic nitrogens is 2. The predicted molar refractivity (Wildman–Crippen MR) is 74.3 cm³/mol. The maximum absolute atomic E-state index is 11.8. The van der Waals surface area contributed by atoms with Crippen molar-refractivity contribution in [3.8, 4) is 11.3 Å². The van der Waals surface area contributed by atoms with Crippen molar-refractivity contribution in [3.05, 3.63) is 51.8 Å². The lowest BCUT2D eigenvalue weighted by Crippen LogP contribution is -2.25. The normalized spacial score (nSPS) is 10.5. The van der Waals surface area contributed by atoms with E-state index in [9.17, 15) is 9.59 Å². The Hall–Kier alpha value is -2.23. The van der Waals surface area contributed by atoms with Crippen molar-refractivity contribution in [3.63, 3.8) is 0 Å². The minimum Gasteiger partial charge on any atom is -0.294 e. The van der Waals surface area contributed by atoms with E-state index in [1.165, 1.54) is 17.2 Å². The molecule has 0 saturated heterocycles. The van der Waals surface area contributed by atoms with Gasteiger partial charge >= 0.3 is 0 Å². The Morgan fingerprint density at radius 3 is 2.42 bits per heavy atom. The molecule has 2 rings (SSSR count). The fourth-order valence-electron chi connectivity index (χ4n) is 1.91. The standard InChI is InChI=1S/C15H16N2O2/c1-4-11-5-7-12(8-6-11)14-9-13(10(2)18)15(19)17(3)16-14/h5-9H,4H2,1-3H3. The molecule has 0 aliphatic carbocycles. The van der Waals surface area contributed by atoms with E-state index in [1.807, 2.05) is 24.3 Å². The highest BCUT2D eigenvalue weighted by Gasteiger charge is 2.11. The van der Waals surface area contributed by atoms with Gasteiger partial charge in [0.25, 0.3) is 5.56 Å². The van der Waals surface area contributed by atoms with Crippen LogP contribution in [0, 0.1) is 0 Å². The smallest absolute Gasteiger partial charge is 0.277 e. The minimum atomic E-state index is -0.360. The van der Waals surface area contributed by atoms with Crippen LogP contribution in [0.25, 0.3) is 11.3 Å². The average Bonchev–Trinajstić information content (AvgIpc) is 2.41. The average molecular weight is 256 g/mol. The molecule has 0 atom stereocenters. The molecule has 1 aromatic carbocycles. The summed E-state index contributed by atoms with van der Waals surface area (Å²) >= 11 is 0. The minimum absolute atomic E-state index is 0.173. The molecule has 0 spiro atoms. The monoisotopic (exact) mass is 256 g/mol. The number of hydrogen-bond donors (Lipinski definition) is 0. The summed E-state index contributed by atoms with van der Waals surface area (Å²) in [5, 5.41) is 4.19. The zero-order chi connectivity index (χ0) is 14.0. The molecule has 4 heteroatoms. The van der Waals surface area contributed by atoms with Gasteiger partial charge in [-0.3, -0.25) is 9.59 Å². The first-order chi connectivity index (χ1) is 9.02. The third-order valence-corrected chi connectivity index (χ3v) is 3.10. The fourth-order valence-corrected chi connectivity index (χ4v) is 1.91. The van der Waals surface area contributed by atoms with Crippen molar-refractivity contribution < 1.29 is 4.79 Å². The number of carbonyl (C=O) groups is 1. The summed E-state index contributed by atoms with van der Waals surface area (Å²) in [6.45, 7) is 3.48. The first-order valence-electron chi connectivity index (χ1n) is 6.21. The Bertz CT molecular complexity index is 670. The van der Waals surface area contributed by atoms with E-state index in [2.05, 4.69) is 12.0 Å². The molecule has 98 valence electrons. The van der Waals surface area contributed by atoms with Gasteiger partial charge in [-0.25, -0.2) is 4.68 Å². The first-order valence-corrected chi connectivity index (χ1v) is 6.21. The maximum Gasteiger partial charge on any atom is 0.277 e. The highest BCUT2D eigenvalue weighted by Crippen LogP contribution is 2.17. The van der Waals surface area contributed by atoms with Crippen LogP contribution in [0.3, 0.4) is 0 Å². The molecule has 0 aliphatic rings. The van der Waals surface area contributed by atoms with Crippen LogP contribution in [0.1, 0.15) is 29.8 Å². The van der Waals surface area contributed by atoms with Crippen molar-refractivity contribution in [1.29, 1.82) is 0 Å². The second-order valence-corrected chi connectivity index (χ2v) is 4.48. The highest BCUT2D eigenvalue weighted by molar-refractivity contribution is 5.94. The Kier molecular flexibility index (Phi) is 3.60. The second kappa shape index (κ2) is 5.18. The maximum atomic E-state index is 11.8. The topological polar surface area (TPSA) is 52.0 Å². The zero-order valence-corrected chi connectivity index (χ0v) is 11.3. The van der Waals surface area contributed by atoms with E-state index in [1.54, 1.807) is 13.1 Å². The van der Waals surface area contributed by atoms with Crippen molar-refractivity contribution in [2.75, 3.05) is 0 Å². The van der Waals surface area contributed by atoms with Crippen LogP contribution in [0.15, 0.2) is 35.1 Å². The molecule has 0 bridgehead atoms. The molecule has 0 fully saturated rings. The summed E-state index contributed by atoms with van der Waals surface area (Å²) < 4.78 is 1.21. The Balaban J connectivity index is 2.56. The molecule has 0 unspecified atom stereocenters. The van der Waals surface area contributed by atoms with Crippen LogP contribution in [0.4, 0.5) is 0 Å². The lowest BCUT2D eigenvalue weighted by molar-refractivity contribution is 0.101. The Morgan fingerprint density at radius 1 is 1.26 bits per heavy atom. The number of nitrogens with zero attached hydrogens (tertiary/aromatic N) is 2. The third-order valence-electron chi connectivity index (χ3n) is 3.10. The van der Waals surface area contributed by atoms with E-state index < -0.39 is 0 Å². The molecule has 0 amide bonds. The van der Waals surface area contributed by atoms with Crippen LogP contribution in [0.2, 0.25) is 0 Å². The molecule has 0 radical (unpaired) electrons. The summed E-state index contributed by atoms with van der Waals surface area (Å²) in [6, 6.07) is 9.52. The molecule has 4 nitrogen and oxygen atoms in total. The summed E-state index contributed by atoms with van der Waals surface area (Å²) in [5.74, 6) is -0.241. The Labute approximate surface area is 111 Å². The lowest BCUT2D eigenvalue weighted by Gasteiger charge is -2.06. The number of aryl methyl sites for hydroxylation is 2. The van der Waals surface area contributed by atoms with Crippen molar-refractivity contribution in [2.24, 2.45) is 7.05 Å². The molecule has 0 N–H and O–H groups in total. The van der Waals surface area contributed by atoms with Gasteiger partial charge in [0.05, 0.1) is 11.3 Å². The molecule has 0 aliphatic heterocycles. The number of rotatable bonds is 3. The largest absolute Gasteiger partial charge is 0.294 e. The summed E-state index contributed by atoms with van der Waals surface area (Å²) in [5.41, 5.74) is 2.58. The van der Waals surface area contributed by atoms with Gasteiger partial charge in [0.2, 0.25) is 0 Å². The third kappa shape index (κ3) is 2.62. The van der Waals surface area contributed by atoms with Gasteiger partial charge in [0, 0.05) is 12.6 Å². The van der Waals surface area contributed by atoms with E-state index in [0.717, 1.165) is 12.0 Å². The van der Waals surface area contributed by atoms with Gasteiger partial charge in [0.1, 0.15) is 0 Å². The van der Waals surface area contributed by atoms with E-state index in [4.69, 9.17) is 0 Å². The van der Waals surface area contributed by atoms with Gasteiger partial charge in [0.15, 0.2) is 5.78 Å². The lowest BCUT2D eigenvalue weighted by atomic mass is 10.1. The first kappa shape index (κ1) is 13.2. The van der Waals surface area contributed by atoms with E-state index in [-0.39, 0.29) is 16.9 Å². The van der Waals surface area contributed by atoms with Gasteiger partial charge in [-0.15, -0.1) is 0 Å². The number of hydrogen-bond acceptors (Lipinski definition) is 3. The number of carbonyl (C=O) groups excluding carboxylic acids is 1. The fraction of sp³-hybridized carbons (Fsp3) is 0.267. The highest BCUT2D eigenvalue weighted by atomic mass is 16.1. The second-order valence-electron chi connectivity index (χ2n) is 4.48. The Morgan fingerprint density at radius 2 is 1.89 bits per heavy atom. The van der Waals surface area contributed by atoms with Crippen LogP contribution >= 0.6 is 0 Å². The van der Waals surface area contributed by atoms with Crippen LogP contribution in [0.5, 0.6) is 0 Å². The molecule has 1 aromatic heterocycles. The van der Waals surface area contributed by atoms with Crippen molar-refractivity contribution >= 4 is 5.78 Å². The molecular formula is C15H16N2O2. The summed E-state index contributed by atoms with van der Waals surface area (Å²) in [7, 11) is 1.55. The van der Waals surface area contributed by atoms with E-state index >= 15 is 0 Å². The molecule has 19 heavy (non-hydrogen) atoms. The van der Waals surface area contributed by atoms with Crippen molar-refractivity contribution in [2.45, 2.75) is 20.3 Å².